The molecule has 0 saturated heterocycles. The summed E-state index contributed by atoms with van der Waals surface area (Å²) in [6, 6.07) is 0. The SMILES string of the molecule is C#N.C#N.C#N.C#N.C#N.C#N.Cl.Cl.Cl.[Fe].[KH]. The molecule has 0 amide bonds. The van der Waals surface area contributed by atoms with Crippen molar-refractivity contribution in [2.45, 2.75) is 0 Å². The second kappa shape index (κ2) is 3070000. The first-order valence-corrected chi connectivity index (χ1v) is 1.55. The molecule has 0 unspecified atom stereocenters. The summed E-state index contributed by atoms with van der Waals surface area (Å²) in [4.78, 5) is 0. The topological polar surface area (TPSA) is 143 Å². The molecule has 0 spiro atoms. The molecule has 0 rings (SSSR count). The van der Waals surface area contributed by atoms with E-state index < -0.39 is 0 Å². The van der Waals surface area contributed by atoms with E-state index in [1.807, 2.05) is 0 Å². The van der Waals surface area contributed by atoms with Gasteiger partial charge in [-0.15, -0.1) is 37.2 Å². The molecule has 0 aliphatic rings. The van der Waals surface area contributed by atoms with Crippen molar-refractivity contribution < 1.29 is 17.1 Å². The number of hydrogen-bond donors (Lipinski definition) is 0. The summed E-state index contributed by atoms with van der Waals surface area (Å²) in [5.41, 5.74) is 0. The van der Waals surface area contributed by atoms with E-state index in [0.29, 0.717) is 0 Å². The van der Waals surface area contributed by atoms with Gasteiger partial charge in [0.15, 0.2) is 0 Å². The summed E-state index contributed by atoms with van der Waals surface area (Å²) in [5.74, 6) is 0. The fraction of sp³-hybridized carbons (Fsp3) is 0. The molecule has 0 bridgehead atoms. The van der Waals surface area contributed by atoms with Crippen LogP contribution >= 0.6 is 37.2 Å². The van der Waals surface area contributed by atoms with Crippen molar-refractivity contribution in [3.63, 3.8) is 0 Å². The van der Waals surface area contributed by atoms with Crippen molar-refractivity contribution in [3.05, 3.63) is 0 Å². The van der Waals surface area contributed by atoms with E-state index in [9.17, 15) is 0 Å². The van der Waals surface area contributed by atoms with Crippen LogP contribution in [0.4, 0.5) is 0 Å². The normalized spacial score (nSPS) is 0.706. The molecule has 94 valence electrons. The van der Waals surface area contributed by atoms with Crippen molar-refractivity contribution in [2.24, 2.45) is 0 Å². The minimum absolute atomic E-state index is 0. The van der Waals surface area contributed by atoms with Crippen LogP contribution in [0.3, 0.4) is 0 Å². The van der Waals surface area contributed by atoms with Crippen LogP contribution in [-0.4, -0.2) is 51.4 Å². The third-order valence-electron chi connectivity index (χ3n) is 0. The molecule has 0 aliphatic carbocycles. The van der Waals surface area contributed by atoms with Crippen LogP contribution in [0.2, 0.25) is 0 Å². The molecule has 6 nitrogen and oxygen atoms in total. The average Bonchev–Trinajstić information content (AvgIpc) is 2.33. The fourth-order valence-electron chi connectivity index (χ4n) is 0. The Morgan fingerprint density at radius 3 is 0.353 bits per heavy atom. The maximum atomic E-state index is 6.50. The Balaban J connectivity index is -0.00000000267. The maximum absolute atomic E-state index is 6.50. The molecule has 0 heterocycles. The summed E-state index contributed by atoms with van der Waals surface area (Å²) in [5, 5.41) is 39.0. The average molecular weight is 367 g/mol. The van der Waals surface area contributed by atoms with Gasteiger partial charge >= 0.3 is 51.4 Å². The minimum atomic E-state index is 0. The Morgan fingerprint density at radius 1 is 0.353 bits per heavy atom. The molecular formula is C6H10Cl3FeKN6. The first kappa shape index (κ1) is 122. The Morgan fingerprint density at radius 2 is 0.353 bits per heavy atom. The number of nitriles is 6. The van der Waals surface area contributed by atoms with Crippen LogP contribution in [0.15, 0.2) is 0 Å². The molecule has 0 aromatic heterocycles. The van der Waals surface area contributed by atoms with Crippen molar-refractivity contribution in [2.75, 3.05) is 0 Å². The fourth-order valence-corrected chi connectivity index (χ4v) is 0. The van der Waals surface area contributed by atoms with E-state index in [2.05, 4.69) is 39.4 Å². The van der Waals surface area contributed by atoms with Crippen molar-refractivity contribution >= 4 is 88.6 Å². The standard InChI is InChI=1S/6CHN.3ClH.Fe.K.H/c6*1-2;;;;;;/h6*1H;3*1H;;;. The first-order chi connectivity index (χ1) is 6.00. The van der Waals surface area contributed by atoms with Crippen LogP contribution < -0.4 is 0 Å². The second-order valence-corrected chi connectivity index (χ2v) is 0. The van der Waals surface area contributed by atoms with Gasteiger partial charge in [-0.1, -0.05) is 0 Å². The summed E-state index contributed by atoms with van der Waals surface area (Å²) < 4.78 is 0. The van der Waals surface area contributed by atoms with E-state index in [0.717, 1.165) is 0 Å². The molecule has 0 aromatic carbocycles. The molecule has 0 aliphatic heterocycles. The van der Waals surface area contributed by atoms with Crippen LogP contribution in [0.5, 0.6) is 0 Å². The van der Waals surface area contributed by atoms with Gasteiger partial charge in [0.2, 0.25) is 0 Å². The number of halogens is 3. The van der Waals surface area contributed by atoms with Gasteiger partial charge in [0.25, 0.3) is 0 Å². The second-order valence-electron chi connectivity index (χ2n) is 0. The zero-order valence-corrected chi connectivity index (χ0v) is 11.3. The van der Waals surface area contributed by atoms with Crippen LogP contribution in [-0.2, 0) is 17.1 Å². The predicted octanol–water partition coefficient (Wildman–Crippen LogP) is 1.45. The number of hydrogen-bond acceptors (Lipinski definition) is 6. The van der Waals surface area contributed by atoms with E-state index >= 15 is 0 Å². The van der Waals surface area contributed by atoms with Crippen LogP contribution in [0, 0.1) is 71.0 Å². The van der Waals surface area contributed by atoms with Gasteiger partial charge in [0.05, 0.1) is 0 Å². The van der Waals surface area contributed by atoms with Gasteiger partial charge in [0.1, 0.15) is 0 Å². The van der Waals surface area contributed by atoms with Crippen molar-refractivity contribution in [3.8, 4) is 39.4 Å². The van der Waals surface area contributed by atoms with E-state index in [1.54, 1.807) is 0 Å². The van der Waals surface area contributed by atoms with Gasteiger partial charge in [0, 0.05) is 56.5 Å². The Kier molecular flexibility index (Phi) is 21900000. The van der Waals surface area contributed by atoms with E-state index in [1.165, 1.54) is 0 Å². The third kappa shape index (κ3) is 2670000. The predicted molar refractivity (Wildman–Crippen MR) is 68.9 cm³/mol. The number of nitrogens with zero attached hydrogens (tertiary/aromatic N) is 6. The molecule has 11 heteroatoms. The molecular weight excluding hydrogens is 357 g/mol. The monoisotopic (exact) mass is 366 g/mol. The summed E-state index contributed by atoms with van der Waals surface area (Å²) in [6.07, 6.45) is 0. The molecule has 0 fully saturated rings. The van der Waals surface area contributed by atoms with Crippen molar-refractivity contribution in [1.82, 2.24) is 0 Å². The van der Waals surface area contributed by atoms with Crippen LogP contribution in [0.25, 0.3) is 0 Å². The van der Waals surface area contributed by atoms with Crippen molar-refractivity contribution in [1.29, 1.82) is 31.6 Å². The van der Waals surface area contributed by atoms with Gasteiger partial charge in [-0.25, -0.2) is 31.6 Å². The molecule has 17 heavy (non-hydrogen) atoms. The summed E-state index contributed by atoms with van der Waals surface area (Å²) >= 11 is 0. The molecule has 0 aromatic rings. The van der Waals surface area contributed by atoms with Crippen LogP contribution in [0.1, 0.15) is 0 Å². The van der Waals surface area contributed by atoms with Gasteiger partial charge in [-0.3, -0.25) is 0 Å². The molecule has 0 N–H and O–H groups in total. The summed E-state index contributed by atoms with van der Waals surface area (Å²) in [7, 11) is 0. The molecule has 0 radical (unpaired) electrons. The zero-order chi connectivity index (χ0) is 12.0. The van der Waals surface area contributed by atoms with E-state index in [4.69, 9.17) is 31.6 Å². The summed E-state index contributed by atoms with van der Waals surface area (Å²) in [6.45, 7) is 21.0. The Hall–Kier alpha value is -0.0342. The Labute approximate surface area is 174 Å². The quantitative estimate of drug-likeness (QED) is 0.593. The number of rotatable bonds is 0. The Bertz CT molecular complexity index is 109. The third-order valence-corrected chi connectivity index (χ3v) is 0. The zero-order valence-electron chi connectivity index (χ0n) is 7.73. The molecule has 0 saturated carbocycles. The first-order valence-electron chi connectivity index (χ1n) is 1.55. The van der Waals surface area contributed by atoms with Gasteiger partial charge < -0.3 is 0 Å². The van der Waals surface area contributed by atoms with E-state index in [-0.39, 0.29) is 106 Å². The van der Waals surface area contributed by atoms with Gasteiger partial charge in [-0.05, 0) is 0 Å². The van der Waals surface area contributed by atoms with Gasteiger partial charge in [-0.2, -0.15) is 0 Å². The molecule has 0 atom stereocenters.